The number of ether oxygens (including phenoxy) is 1. The molecular weight excluding hydrogens is 364 g/mol. The molecule has 0 bridgehead atoms. The number of benzene rings is 2. The van der Waals surface area contributed by atoms with E-state index in [1.807, 2.05) is 49.5 Å². The molecule has 1 heterocycles. The number of sulfonamides is 1. The van der Waals surface area contributed by atoms with Crippen LogP contribution >= 0.6 is 0 Å². The van der Waals surface area contributed by atoms with Gasteiger partial charge in [0.2, 0.25) is 10.0 Å². The molecule has 1 atom stereocenters. The van der Waals surface area contributed by atoms with Crippen LogP contribution in [0.1, 0.15) is 22.8 Å². The molecule has 0 saturated carbocycles. The fourth-order valence-corrected chi connectivity index (χ4v) is 4.29. The first-order valence-electron chi connectivity index (χ1n) is 9.00. The number of hydrogen-bond donors (Lipinski definition) is 2. The molecule has 0 aromatic heterocycles. The van der Waals surface area contributed by atoms with Gasteiger partial charge >= 0.3 is 0 Å². The Kier molecular flexibility index (Phi) is 6.04. The van der Waals surface area contributed by atoms with E-state index in [2.05, 4.69) is 9.62 Å². The lowest BCUT2D eigenvalue weighted by Gasteiger charge is -2.15. The number of nitrogens with one attached hydrogen (secondary N) is 1. The van der Waals surface area contributed by atoms with Crippen LogP contribution in [0.15, 0.2) is 42.5 Å². The smallest absolute Gasteiger partial charge is 0.212 e. The van der Waals surface area contributed by atoms with Gasteiger partial charge in [-0.25, -0.2) is 13.1 Å². The van der Waals surface area contributed by atoms with E-state index in [1.165, 1.54) is 11.3 Å². The van der Waals surface area contributed by atoms with Crippen LogP contribution in [0.4, 0.5) is 5.69 Å². The lowest BCUT2D eigenvalue weighted by Crippen LogP contribution is -2.31. The molecule has 1 aliphatic rings. The van der Waals surface area contributed by atoms with Gasteiger partial charge in [-0.3, -0.25) is 0 Å². The molecule has 146 valence electrons. The van der Waals surface area contributed by atoms with Crippen molar-refractivity contribution in [1.82, 2.24) is 4.72 Å². The molecular formula is C20H26N2O4S. The highest BCUT2D eigenvalue weighted by Crippen LogP contribution is 2.29. The quantitative estimate of drug-likeness (QED) is 0.720. The number of nitrogens with zero attached hydrogens (tertiary/aromatic N) is 1. The number of hydrogen-bond acceptors (Lipinski definition) is 5. The van der Waals surface area contributed by atoms with Crippen molar-refractivity contribution in [2.75, 3.05) is 37.9 Å². The molecule has 0 amide bonds. The van der Waals surface area contributed by atoms with Crippen LogP contribution in [0.25, 0.3) is 0 Å². The van der Waals surface area contributed by atoms with Gasteiger partial charge in [0.15, 0.2) is 0 Å². The molecule has 2 aromatic carbocycles. The van der Waals surface area contributed by atoms with Crippen molar-refractivity contribution in [3.8, 4) is 5.75 Å². The average molecular weight is 391 g/mol. The van der Waals surface area contributed by atoms with E-state index in [4.69, 9.17) is 4.74 Å². The van der Waals surface area contributed by atoms with E-state index in [9.17, 15) is 13.5 Å². The molecule has 0 aliphatic carbocycles. The number of anilines is 1. The summed E-state index contributed by atoms with van der Waals surface area (Å²) >= 11 is 0. The number of aliphatic hydroxyl groups is 1. The minimum Gasteiger partial charge on any atom is -0.497 e. The van der Waals surface area contributed by atoms with Crippen molar-refractivity contribution in [2.24, 2.45) is 0 Å². The highest BCUT2D eigenvalue weighted by atomic mass is 32.2. The predicted molar refractivity (Wildman–Crippen MR) is 107 cm³/mol. The summed E-state index contributed by atoms with van der Waals surface area (Å²) in [4.78, 5) is 2.17. The van der Waals surface area contributed by atoms with Gasteiger partial charge in [0.05, 0.1) is 19.0 Å². The minimum atomic E-state index is -3.47. The Bertz CT molecular complexity index is 881. The normalized spacial score (nSPS) is 14.9. The van der Waals surface area contributed by atoms with Crippen molar-refractivity contribution >= 4 is 15.7 Å². The number of methoxy groups -OCH3 is 1. The van der Waals surface area contributed by atoms with E-state index >= 15 is 0 Å². The lowest BCUT2D eigenvalue weighted by molar-refractivity contribution is 0.182. The van der Waals surface area contributed by atoms with Gasteiger partial charge in [-0.1, -0.05) is 24.3 Å². The van der Waals surface area contributed by atoms with E-state index in [-0.39, 0.29) is 12.3 Å². The van der Waals surface area contributed by atoms with Gasteiger partial charge in [-0.2, -0.15) is 0 Å². The van der Waals surface area contributed by atoms with Crippen LogP contribution in [-0.2, 0) is 22.9 Å². The maximum absolute atomic E-state index is 12.2. The first kappa shape index (κ1) is 19.7. The van der Waals surface area contributed by atoms with Crippen LogP contribution in [0.5, 0.6) is 5.75 Å². The van der Waals surface area contributed by atoms with Crippen molar-refractivity contribution in [1.29, 1.82) is 0 Å². The van der Waals surface area contributed by atoms with Crippen molar-refractivity contribution in [3.63, 3.8) is 0 Å². The highest BCUT2D eigenvalue weighted by molar-refractivity contribution is 7.89. The number of aryl methyl sites for hydroxylation is 1. The summed E-state index contributed by atoms with van der Waals surface area (Å²) in [6.07, 6.45) is 0.484. The zero-order chi connectivity index (χ0) is 19.4. The summed E-state index contributed by atoms with van der Waals surface area (Å²) in [6, 6.07) is 13.1. The molecule has 27 heavy (non-hydrogen) atoms. The summed E-state index contributed by atoms with van der Waals surface area (Å²) in [5.41, 5.74) is 4.02. The largest absolute Gasteiger partial charge is 0.497 e. The topological polar surface area (TPSA) is 78.9 Å². The number of likely N-dealkylation sites (N-methyl/N-ethyl adjacent to an activating group) is 1. The zero-order valence-electron chi connectivity index (χ0n) is 15.7. The minimum absolute atomic E-state index is 0.0268. The maximum Gasteiger partial charge on any atom is 0.212 e. The Morgan fingerprint density at radius 3 is 2.67 bits per heavy atom. The predicted octanol–water partition coefficient (Wildman–Crippen LogP) is 1.88. The van der Waals surface area contributed by atoms with E-state index in [0.717, 1.165) is 29.8 Å². The van der Waals surface area contributed by atoms with E-state index in [0.29, 0.717) is 6.42 Å². The highest BCUT2D eigenvalue weighted by Gasteiger charge is 2.19. The molecule has 0 spiro atoms. The molecule has 6 nitrogen and oxygen atoms in total. The Labute approximate surface area is 160 Å². The third-order valence-corrected chi connectivity index (χ3v) is 6.28. The molecule has 0 saturated heterocycles. The van der Waals surface area contributed by atoms with Gasteiger partial charge in [-0.15, -0.1) is 0 Å². The van der Waals surface area contributed by atoms with Crippen LogP contribution < -0.4 is 14.4 Å². The van der Waals surface area contributed by atoms with E-state index in [1.54, 1.807) is 7.11 Å². The molecule has 1 aliphatic heterocycles. The SMILES string of the molecule is COc1ccc(CCS(=O)(=O)NCC(O)c2ccc3c(c2)CCN3C)cc1. The van der Waals surface area contributed by atoms with Gasteiger partial charge in [0, 0.05) is 25.8 Å². The van der Waals surface area contributed by atoms with Crippen molar-refractivity contribution in [3.05, 3.63) is 59.2 Å². The molecule has 3 rings (SSSR count). The first-order chi connectivity index (χ1) is 12.9. The van der Waals surface area contributed by atoms with E-state index < -0.39 is 16.1 Å². The fourth-order valence-electron chi connectivity index (χ4n) is 3.23. The average Bonchev–Trinajstić information content (AvgIpc) is 3.05. The second-order valence-electron chi connectivity index (χ2n) is 6.84. The standard InChI is InChI=1S/C20H26N2O4S/c1-22-11-9-16-13-17(5-8-19(16)22)20(23)14-21-27(24,25)12-10-15-3-6-18(26-2)7-4-15/h3-8,13,20-21,23H,9-12,14H2,1-2H3. The molecule has 1 unspecified atom stereocenters. The second-order valence-corrected chi connectivity index (χ2v) is 8.77. The van der Waals surface area contributed by atoms with Gasteiger partial charge in [0.25, 0.3) is 0 Å². The summed E-state index contributed by atoms with van der Waals surface area (Å²) in [5.74, 6) is 0.712. The van der Waals surface area contributed by atoms with Crippen LogP contribution in [0, 0.1) is 0 Å². The summed E-state index contributed by atoms with van der Waals surface area (Å²) in [7, 11) is 0.163. The Balaban J connectivity index is 1.53. The monoisotopic (exact) mass is 390 g/mol. The Morgan fingerprint density at radius 1 is 1.22 bits per heavy atom. The molecule has 7 heteroatoms. The summed E-state index contributed by atoms with van der Waals surface area (Å²) in [5, 5.41) is 10.4. The fraction of sp³-hybridized carbons (Fsp3) is 0.400. The molecule has 2 aromatic rings. The van der Waals surface area contributed by atoms with Crippen LogP contribution in [0.3, 0.4) is 0 Å². The molecule has 0 radical (unpaired) electrons. The summed E-state index contributed by atoms with van der Waals surface area (Å²) < 4.78 is 32.1. The Hall–Kier alpha value is -2.09. The van der Waals surface area contributed by atoms with Crippen molar-refractivity contribution < 1.29 is 18.3 Å². The second kappa shape index (κ2) is 8.29. The third kappa shape index (κ3) is 5.00. The third-order valence-electron chi connectivity index (χ3n) is 4.93. The lowest BCUT2D eigenvalue weighted by atomic mass is 10.0. The molecule has 2 N–H and O–H groups in total. The van der Waals surface area contributed by atoms with Crippen LogP contribution in [0.2, 0.25) is 0 Å². The van der Waals surface area contributed by atoms with Crippen LogP contribution in [-0.4, -0.2) is 46.5 Å². The van der Waals surface area contributed by atoms with Gasteiger partial charge in [0.1, 0.15) is 5.75 Å². The number of rotatable bonds is 8. The number of aliphatic hydroxyl groups excluding tert-OH is 1. The molecule has 0 fully saturated rings. The summed E-state index contributed by atoms with van der Waals surface area (Å²) in [6.45, 7) is 0.937. The van der Waals surface area contributed by atoms with Crippen molar-refractivity contribution in [2.45, 2.75) is 18.9 Å². The van der Waals surface area contributed by atoms with Gasteiger partial charge < -0.3 is 14.7 Å². The Morgan fingerprint density at radius 2 is 1.96 bits per heavy atom. The zero-order valence-corrected chi connectivity index (χ0v) is 16.5. The number of fused-ring (bicyclic) bond motifs is 1. The maximum atomic E-state index is 12.2. The van der Waals surface area contributed by atoms with Gasteiger partial charge in [-0.05, 0) is 47.7 Å². The first-order valence-corrected chi connectivity index (χ1v) is 10.7.